The molecule has 2 rings (SSSR count). The van der Waals surface area contributed by atoms with Crippen molar-refractivity contribution in [3.63, 3.8) is 0 Å². The normalized spacial score (nSPS) is 23.2. The summed E-state index contributed by atoms with van der Waals surface area (Å²) in [6, 6.07) is 10.7. The SMILES string of the molecule is CC(C)c1cccc(CC2CC(N(C)C(C)C)C2)c1. The molecular formula is C18H29N. The van der Waals surface area contributed by atoms with E-state index in [0.717, 1.165) is 12.0 Å². The highest BCUT2D eigenvalue weighted by Crippen LogP contribution is 2.34. The number of nitrogens with zero attached hydrogens (tertiary/aromatic N) is 1. The summed E-state index contributed by atoms with van der Waals surface area (Å²) >= 11 is 0. The van der Waals surface area contributed by atoms with E-state index >= 15 is 0 Å². The fourth-order valence-corrected chi connectivity index (χ4v) is 3.03. The van der Waals surface area contributed by atoms with E-state index in [1.807, 2.05) is 0 Å². The van der Waals surface area contributed by atoms with Gasteiger partial charge in [-0.05, 0) is 63.1 Å². The van der Waals surface area contributed by atoms with Gasteiger partial charge in [-0.15, -0.1) is 0 Å². The van der Waals surface area contributed by atoms with Crippen LogP contribution >= 0.6 is 0 Å². The third-order valence-electron chi connectivity index (χ3n) is 4.74. The van der Waals surface area contributed by atoms with Crippen molar-refractivity contribution in [1.29, 1.82) is 0 Å². The van der Waals surface area contributed by atoms with Crippen molar-refractivity contribution >= 4 is 0 Å². The fraction of sp³-hybridized carbons (Fsp3) is 0.667. The van der Waals surface area contributed by atoms with Crippen molar-refractivity contribution in [3.05, 3.63) is 35.4 Å². The molecule has 19 heavy (non-hydrogen) atoms. The van der Waals surface area contributed by atoms with Gasteiger partial charge in [0.15, 0.2) is 0 Å². The third-order valence-corrected chi connectivity index (χ3v) is 4.74. The maximum atomic E-state index is 2.53. The van der Waals surface area contributed by atoms with Crippen molar-refractivity contribution < 1.29 is 0 Å². The molecule has 0 heterocycles. The molecule has 1 saturated carbocycles. The first-order chi connectivity index (χ1) is 8.97. The Balaban J connectivity index is 1.86. The van der Waals surface area contributed by atoms with Gasteiger partial charge in [0.2, 0.25) is 0 Å². The fourth-order valence-electron chi connectivity index (χ4n) is 3.03. The first-order valence-electron chi connectivity index (χ1n) is 7.78. The van der Waals surface area contributed by atoms with E-state index in [4.69, 9.17) is 0 Å². The summed E-state index contributed by atoms with van der Waals surface area (Å²) in [7, 11) is 2.27. The molecule has 0 aliphatic heterocycles. The van der Waals surface area contributed by atoms with Gasteiger partial charge >= 0.3 is 0 Å². The summed E-state index contributed by atoms with van der Waals surface area (Å²) in [6.45, 7) is 9.13. The monoisotopic (exact) mass is 259 g/mol. The lowest BCUT2D eigenvalue weighted by Gasteiger charge is -2.43. The zero-order valence-electron chi connectivity index (χ0n) is 13.2. The van der Waals surface area contributed by atoms with Crippen LogP contribution in [-0.4, -0.2) is 24.0 Å². The second-order valence-corrected chi connectivity index (χ2v) is 6.85. The van der Waals surface area contributed by atoms with E-state index in [1.165, 1.54) is 30.4 Å². The number of hydrogen-bond donors (Lipinski definition) is 0. The molecule has 1 aromatic rings. The summed E-state index contributed by atoms with van der Waals surface area (Å²) in [5, 5.41) is 0. The molecule has 1 aliphatic carbocycles. The van der Waals surface area contributed by atoms with Crippen LogP contribution in [0.25, 0.3) is 0 Å². The molecule has 0 atom stereocenters. The Morgan fingerprint density at radius 3 is 2.42 bits per heavy atom. The van der Waals surface area contributed by atoms with Crippen LogP contribution in [-0.2, 0) is 6.42 Å². The maximum absolute atomic E-state index is 2.53. The molecule has 0 N–H and O–H groups in total. The molecule has 106 valence electrons. The number of rotatable bonds is 5. The quantitative estimate of drug-likeness (QED) is 0.754. The molecule has 0 aromatic heterocycles. The molecule has 0 unspecified atom stereocenters. The van der Waals surface area contributed by atoms with Crippen LogP contribution in [0.1, 0.15) is 57.6 Å². The Bertz CT molecular complexity index is 402. The minimum Gasteiger partial charge on any atom is -0.301 e. The molecule has 0 radical (unpaired) electrons. The first-order valence-corrected chi connectivity index (χ1v) is 7.78. The van der Waals surface area contributed by atoms with Gasteiger partial charge in [0.05, 0.1) is 0 Å². The van der Waals surface area contributed by atoms with E-state index in [-0.39, 0.29) is 0 Å². The Morgan fingerprint density at radius 1 is 1.16 bits per heavy atom. The largest absolute Gasteiger partial charge is 0.301 e. The summed E-state index contributed by atoms with van der Waals surface area (Å²) in [5.74, 6) is 1.54. The minimum atomic E-state index is 0.640. The van der Waals surface area contributed by atoms with E-state index in [9.17, 15) is 0 Å². The van der Waals surface area contributed by atoms with Crippen molar-refractivity contribution in [2.45, 2.75) is 65.0 Å². The van der Waals surface area contributed by atoms with Gasteiger partial charge < -0.3 is 4.90 Å². The van der Waals surface area contributed by atoms with Gasteiger partial charge in [0.1, 0.15) is 0 Å². The van der Waals surface area contributed by atoms with Crippen LogP contribution < -0.4 is 0 Å². The molecule has 1 aliphatic rings. The molecule has 1 aromatic carbocycles. The zero-order valence-corrected chi connectivity index (χ0v) is 13.2. The van der Waals surface area contributed by atoms with Crippen LogP contribution in [0, 0.1) is 5.92 Å². The second-order valence-electron chi connectivity index (χ2n) is 6.85. The summed E-state index contributed by atoms with van der Waals surface area (Å²) in [5.41, 5.74) is 3.01. The predicted molar refractivity (Wildman–Crippen MR) is 83.6 cm³/mol. The van der Waals surface area contributed by atoms with Crippen molar-refractivity contribution in [3.8, 4) is 0 Å². The van der Waals surface area contributed by atoms with E-state index in [1.54, 1.807) is 0 Å². The maximum Gasteiger partial charge on any atom is 0.0100 e. The molecule has 0 spiro atoms. The lowest BCUT2D eigenvalue weighted by Crippen LogP contribution is -2.46. The molecule has 1 fully saturated rings. The molecule has 1 nitrogen and oxygen atoms in total. The highest BCUT2D eigenvalue weighted by Gasteiger charge is 2.32. The second kappa shape index (κ2) is 6.09. The zero-order chi connectivity index (χ0) is 14.0. The summed E-state index contributed by atoms with van der Waals surface area (Å²) in [4.78, 5) is 2.53. The smallest absolute Gasteiger partial charge is 0.0100 e. The van der Waals surface area contributed by atoms with E-state index in [0.29, 0.717) is 12.0 Å². The molecule has 0 amide bonds. The summed E-state index contributed by atoms with van der Waals surface area (Å²) < 4.78 is 0. The van der Waals surface area contributed by atoms with E-state index < -0.39 is 0 Å². The standard InChI is InChI=1S/C18H29N/c1-13(2)17-8-6-7-15(10-17)9-16-11-18(12-16)19(5)14(3)4/h6-8,10,13-14,16,18H,9,11-12H2,1-5H3. The van der Waals surface area contributed by atoms with Gasteiger partial charge in [0.25, 0.3) is 0 Å². The van der Waals surface area contributed by atoms with Crippen molar-refractivity contribution in [2.24, 2.45) is 5.92 Å². The molecule has 1 heteroatoms. The lowest BCUT2D eigenvalue weighted by molar-refractivity contribution is 0.0773. The predicted octanol–water partition coefficient (Wildman–Crippen LogP) is 4.47. The lowest BCUT2D eigenvalue weighted by atomic mass is 9.75. The average molecular weight is 259 g/mol. The van der Waals surface area contributed by atoms with Gasteiger partial charge in [-0.3, -0.25) is 0 Å². The molecular weight excluding hydrogens is 230 g/mol. The Kier molecular flexibility index (Phi) is 4.67. The first kappa shape index (κ1) is 14.6. The van der Waals surface area contributed by atoms with Gasteiger partial charge in [-0.25, -0.2) is 0 Å². The average Bonchev–Trinajstić information content (AvgIpc) is 2.32. The van der Waals surface area contributed by atoms with Crippen molar-refractivity contribution in [2.75, 3.05) is 7.05 Å². The summed E-state index contributed by atoms with van der Waals surface area (Å²) in [6.07, 6.45) is 4.02. The molecule has 0 bridgehead atoms. The van der Waals surface area contributed by atoms with Gasteiger partial charge in [0, 0.05) is 12.1 Å². The number of benzene rings is 1. The van der Waals surface area contributed by atoms with Crippen LogP contribution in [0.15, 0.2) is 24.3 Å². The van der Waals surface area contributed by atoms with Gasteiger partial charge in [-0.2, -0.15) is 0 Å². The highest BCUT2D eigenvalue weighted by molar-refractivity contribution is 5.26. The third kappa shape index (κ3) is 3.60. The highest BCUT2D eigenvalue weighted by atomic mass is 15.2. The Hall–Kier alpha value is -0.820. The molecule has 0 saturated heterocycles. The topological polar surface area (TPSA) is 3.24 Å². The van der Waals surface area contributed by atoms with Crippen LogP contribution in [0.3, 0.4) is 0 Å². The van der Waals surface area contributed by atoms with E-state index in [2.05, 4.69) is 63.9 Å². The van der Waals surface area contributed by atoms with Crippen LogP contribution in [0.4, 0.5) is 0 Å². The van der Waals surface area contributed by atoms with Crippen LogP contribution in [0.5, 0.6) is 0 Å². The van der Waals surface area contributed by atoms with Crippen LogP contribution in [0.2, 0.25) is 0 Å². The Labute approximate surface area is 119 Å². The Morgan fingerprint density at radius 2 is 1.84 bits per heavy atom. The number of hydrogen-bond acceptors (Lipinski definition) is 1. The van der Waals surface area contributed by atoms with Gasteiger partial charge in [-0.1, -0.05) is 38.1 Å². The van der Waals surface area contributed by atoms with Crippen molar-refractivity contribution in [1.82, 2.24) is 4.90 Å². The minimum absolute atomic E-state index is 0.640.